The number of piperazine rings is 1. The van der Waals surface area contributed by atoms with E-state index in [1.807, 2.05) is 23.2 Å². The molecule has 3 rings (SSSR count). The molecule has 1 amide bonds. The fraction of sp³-hybridized carbons (Fsp3) is 0.412. The third-order valence-corrected chi connectivity index (χ3v) is 4.37. The van der Waals surface area contributed by atoms with Crippen molar-refractivity contribution in [2.75, 3.05) is 26.7 Å². The lowest BCUT2D eigenvalue weighted by atomic mass is 10.0. The summed E-state index contributed by atoms with van der Waals surface area (Å²) in [6, 6.07) is 8.26. The summed E-state index contributed by atoms with van der Waals surface area (Å²) in [7, 11) is 1.66. The number of H-pyrrole nitrogens is 1. The number of nitrogens with zero attached hydrogens (tertiary/aromatic N) is 3. The minimum atomic E-state index is 0.129. The van der Waals surface area contributed by atoms with Gasteiger partial charge in [0, 0.05) is 45.0 Å². The summed E-state index contributed by atoms with van der Waals surface area (Å²) in [5.74, 6) is 0.970. The molecule has 0 radical (unpaired) electrons. The zero-order valence-corrected chi connectivity index (χ0v) is 13.5. The van der Waals surface area contributed by atoms with Gasteiger partial charge >= 0.3 is 0 Å². The van der Waals surface area contributed by atoms with Crippen LogP contribution >= 0.6 is 0 Å². The van der Waals surface area contributed by atoms with Crippen LogP contribution in [-0.2, 0) is 11.3 Å². The maximum atomic E-state index is 11.8. The van der Waals surface area contributed by atoms with Crippen LogP contribution < -0.4 is 4.74 Å². The predicted octanol–water partition coefficient (Wildman–Crippen LogP) is 1.82. The lowest BCUT2D eigenvalue weighted by Crippen LogP contribution is -2.49. The smallest absolute Gasteiger partial charge is 0.219 e. The summed E-state index contributed by atoms with van der Waals surface area (Å²) in [6.07, 6.45) is 3.55. The summed E-state index contributed by atoms with van der Waals surface area (Å²) >= 11 is 0. The molecule has 1 N–H and O–H groups in total. The van der Waals surface area contributed by atoms with Crippen LogP contribution in [-0.4, -0.2) is 52.4 Å². The first-order chi connectivity index (χ1) is 11.2. The summed E-state index contributed by atoms with van der Waals surface area (Å²) < 4.78 is 5.24. The van der Waals surface area contributed by atoms with Crippen LogP contribution in [0.4, 0.5) is 0 Å². The monoisotopic (exact) mass is 314 g/mol. The number of methoxy groups -OCH3 is 1. The minimum absolute atomic E-state index is 0.129. The number of nitrogens with one attached hydrogen (secondary N) is 1. The molecule has 0 spiro atoms. The van der Waals surface area contributed by atoms with Crippen molar-refractivity contribution < 1.29 is 9.53 Å². The summed E-state index contributed by atoms with van der Waals surface area (Å²) in [5, 5.41) is 0. The number of rotatable bonds is 4. The van der Waals surface area contributed by atoms with Crippen molar-refractivity contribution in [3.8, 4) is 5.75 Å². The first-order valence-corrected chi connectivity index (χ1v) is 7.78. The highest BCUT2D eigenvalue weighted by Crippen LogP contribution is 2.28. The Morgan fingerprint density at radius 3 is 2.74 bits per heavy atom. The Kier molecular flexibility index (Phi) is 4.62. The van der Waals surface area contributed by atoms with E-state index in [-0.39, 0.29) is 11.9 Å². The molecule has 6 nitrogen and oxygen atoms in total. The van der Waals surface area contributed by atoms with Crippen molar-refractivity contribution in [2.24, 2.45) is 0 Å². The number of carbonyl (C=O) groups is 1. The molecule has 0 saturated carbocycles. The van der Waals surface area contributed by atoms with Gasteiger partial charge in [-0.05, 0) is 17.7 Å². The van der Waals surface area contributed by atoms with Gasteiger partial charge in [0.15, 0.2) is 0 Å². The molecule has 1 saturated heterocycles. The van der Waals surface area contributed by atoms with Crippen LogP contribution in [0.1, 0.15) is 24.2 Å². The lowest BCUT2D eigenvalue weighted by molar-refractivity contribution is -0.132. The number of imidazole rings is 1. The number of hydrogen-bond acceptors (Lipinski definition) is 4. The topological polar surface area (TPSA) is 61.5 Å². The van der Waals surface area contributed by atoms with Crippen molar-refractivity contribution in [1.82, 2.24) is 19.8 Å². The Labute approximate surface area is 136 Å². The van der Waals surface area contributed by atoms with Crippen molar-refractivity contribution in [3.63, 3.8) is 0 Å². The van der Waals surface area contributed by atoms with Crippen LogP contribution in [0, 0.1) is 0 Å². The molecule has 2 aromatic rings. The number of benzene rings is 1. The number of amides is 1. The molecular weight excluding hydrogens is 292 g/mol. The summed E-state index contributed by atoms with van der Waals surface area (Å²) in [5.41, 5.74) is 2.27. The SMILES string of the molecule is COc1ccc(C2CN(C(C)=O)CCN2Cc2cnc[nH]2)cc1. The molecule has 1 aromatic carbocycles. The molecular formula is C17H22N4O2. The Morgan fingerprint density at radius 2 is 2.13 bits per heavy atom. The van der Waals surface area contributed by atoms with Gasteiger partial charge in [-0.1, -0.05) is 12.1 Å². The highest BCUT2D eigenvalue weighted by molar-refractivity contribution is 5.73. The minimum Gasteiger partial charge on any atom is -0.497 e. The van der Waals surface area contributed by atoms with Gasteiger partial charge in [-0.2, -0.15) is 0 Å². The molecule has 0 aliphatic carbocycles. The van der Waals surface area contributed by atoms with Gasteiger partial charge in [0.2, 0.25) is 5.91 Å². The largest absolute Gasteiger partial charge is 0.497 e. The van der Waals surface area contributed by atoms with E-state index in [1.165, 1.54) is 5.56 Å². The molecule has 0 bridgehead atoms. The number of hydrogen-bond donors (Lipinski definition) is 1. The number of carbonyl (C=O) groups excluding carboxylic acids is 1. The average Bonchev–Trinajstić information content (AvgIpc) is 3.08. The average molecular weight is 314 g/mol. The van der Waals surface area contributed by atoms with Gasteiger partial charge in [0.1, 0.15) is 5.75 Å². The van der Waals surface area contributed by atoms with Gasteiger partial charge in [-0.3, -0.25) is 9.69 Å². The predicted molar refractivity (Wildman–Crippen MR) is 87.0 cm³/mol. The standard InChI is InChI=1S/C17H22N4O2/c1-13(22)20-7-8-21(10-15-9-18-12-19-15)17(11-20)14-3-5-16(23-2)6-4-14/h3-6,9,12,17H,7-8,10-11H2,1-2H3,(H,18,19). The fourth-order valence-electron chi connectivity index (χ4n) is 3.03. The normalized spacial score (nSPS) is 18.9. The second kappa shape index (κ2) is 6.83. The summed E-state index contributed by atoms with van der Waals surface area (Å²) in [4.78, 5) is 23.3. The van der Waals surface area contributed by atoms with Gasteiger partial charge in [-0.15, -0.1) is 0 Å². The quantitative estimate of drug-likeness (QED) is 0.935. The molecule has 23 heavy (non-hydrogen) atoms. The van der Waals surface area contributed by atoms with Gasteiger partial charge in [0.05, 0.1) is 19.5 Å². The van der Waals surface area contributed by atoms with Crippen LogP contribution in [0.25, 0.3) is 0 Å². The molecule has 1 fully saturated rings. The highest BCUT2D eigenvalue weighted by atomic mass is 16.5. The van der Waals surface area contributed by atoms with E-state index in [4.69, 9.17) is 4.74 Å². The van der Waals surface area contributed by atoms with Gasteiger partial charge in [-0.25, -0.2) is 4.98 Å². The molecule has 122 valence electrons. The van der Waals surface area contributed by atoms with Gasteiger partial charge < -0.3 is 14.6 Å². The first kappa shape index (κ1) is 15.6. The van der Waals surface area contributed by atoms with E-state index in [9.17, 15) is 4.79 Å². The van der Waals surface area contributed by atoms with Crippen molar-refractivity contribution in [2.45, 2.75) is 19.5 Å². The van der Waals surface area contributed by atoms with Crippen LogP contribution in [0.2, 0.25) is 0 Å². The van der Waals surface area contributed by atoms with Crippen LogP contribution in [0.15, 0.2) is 36.8 Å². The lowest BCUT2D eigenvalue weighted by Gasteiger charge is -2.41. The molecule has 1 aliphatic heterocycles. The number of aromatic nitrogens is 2. The van der Waals surface area contributed by atoms with Crippen LogP contribution in [0.5, 0.6) is 5.75 Å². The number of aromatic amines is 1. The Balaban J connectivity index is 1.82. The third kappa shape index (κ3) is 3.53. The van der Waals surface area contributed by atoms with E-state index in [2.05, 4.69) is 27.0 Å². The van der Waals surface area contributed by atoms with Crippen molar-refractivity contribution in [1.29, 1.82) is 0 Å². The van der Waals surface area contributed by atoms with E-state index >= 15 is 0 Å². The number of ether oxygens (including phenoxy) is 1. The second-order valence-electron chi connectivity index (χ2n) is 5.80. The van der Waals surface area contributed by atoms with E-state index in [0.29, 0.717) is 6.54 Å². The molecule has 2 heterocycles. The maximum absolute atomic E-state index is 11.8. The molecule has 1 aromatic heterocycles. The van der Waals surface area contributed by atoms with E-state index in [1.54, 1.807) is 20.4 Å². The van der Waals surface area contributed by atoms with Crippen molar-refractivity contribution >= 4 is 5.91 Å². The molecule has 6 heteroatoms. The van der Waals surface area contributed by atoms with Gasteiger partial charge in [0.25, 0.3) is 0 Å². The molecule has 1 atom stereocenters. The Hall–Kier alpha value is -2.34. The van der Waals surface area contributed by atoms with Crippen molar-refractivity contribution in [3.05, 3.63) is 48.0 Å². The molecule has 1 aliphatic rings. The highest BCUT2D eigenvalue weighted by Gasteiger charge is 2.29. The molecule has 1 unspecified atom stereocenters. The van der Waals surface area contributed by atoms with E-state index < -0.39 is 0 Å². The fourth-order valence-corrected chi connectivity index (χ4v) is 3.03. The van der Waals surface area contributed by atoms with Crippen LogP contribution in [0.3, 0.4) is 0 Å². The third-order valence-electron chi connectivity index (χ3n) is 4.37. The van der Waals surface area contributed by atoms with E-state index in [0.717, 1.165) is 31.1 Å². The second-order valence-corrected chi connectivity index (χ2v) is 5.80. The zero-order valence-electron chi connectivity index (χ0n) is 13.5. The summed E-state index contributed by atoms with van der Waals surface area (Å²) in [6.45, 7) is 4.74. The maximum Gasteiger partial charge on any atom is 0.219 e. The Bertz CT molecular complexity index is 639. The zero-order chi connectivity index (χ0) is 16.2. The Morgan fingerprint density at radius 1 is 1.35 bits per heavy atom. The first-order valence-electron chi connectivity index (χ1n) is 7.78.